The molecular formula is C38H28N2. The first-order chi connectivity index (χ1) is 19.7. The zero-order valence-electron chi connectivity index (χ0n) is 22.6. The summed E-state index contributed by atoms with van der Waals surface area (Å²) in [5, 5.41) is 5.12. The molecule has 0 radical (unpaired) electrons. The minimum Gasteiger partial charge on any atom is -0.309 e. The van der Waals surface area contributed by atoms with E-state index in [2.05, 4.69) is 156 Å². The van der Waals surface area contributed by atoms with Crippen LogP contribution in [0.1, 0.15) is 11.1 Å². The van der Waals surface area contributed by atoms with Crippen molar-refractivity contribution in [1.29, 1.82) is 0 Å². The van der Waals surface area contributed by atoms with E-state index in [0.29, 0.717) is 0 Å². The van der Waals surface area contributed by atoms with Crippen molar-refractivity contribution >= 4 is 43.6 Å². The third-order valence-corrected chi connectivity index (χ3v) is 8.23. The average molecular weight is 513 g/mol. The summed E-state index contributed by atoms with van der Waals surface area (Å²) >= 11 is 0. The molecule has 2 nitrogen and oxygen atoms in total. The first kappa shape index (κ1) is 22.9. The molecule has 2 heteroatoms. The molecule has 8 rings (SSSR count). The summed E-state index contributed by atoms with van der Waals surface area (Å²) in [7, 11) is 0. The lowest BCUT2D eigenvalue weighted by Crippen LogP contribution is -1.98. The maximum atomic E-state index is 2.47. The maximum Gasteiger partial charge on any atom is 0.0547 e. The minimum atomic E-state index is 1.17. The van der Waals surface area contributed by atoms with Crippen molar-refractivity contribution in [3.63, 3.8) is 0 Å². The fraction of sp³-hybridized carbons (Fsp3) is 0.0526. The third-order valence-electron chi connectivity index (χ3n) is 8.23. The number of rotatable bonds is 3. The number of benzene rings is 6. The van der Waals surface area contributed by atoms with Gasteiger partial charge in [0.15, 0.2) is 0 Å². The van der Waals surface area contributed by atoms with Gasteiger partial charge in [0.2, 0.25) is 0 Å². The smallest absolute Gasteiger partial charge is 0.0547 e. The number of hydrogen-bond donors (Lipinski definition) is 0. The van der Waals surface area contributed by atoms with Gasteiger partial charge in [-0.3, -0.25) is 0 Å². The minimum absolute atomic E-state index is 1.17. The quantitative estimate of drug-likeness (QED) is 0.223. The summed E-state index contributed by atoms with van der Waals surface area (Å²) in [5.41, 5.74) is 12.3. The molecule has 0 bridgehead atoms. The van der Waals surface area contributed by atoms with Crippen molar-refractivity contribution in [3.8, 4) is 22.5 Å². The standard InChI is InChI=1S/C38H28N2/c1-25-19-21-29-30-22-20-26(2)24-37(30)40(36(29)23-25)33-16-8-6-13-28(33)31-15-10-18-35-38(31)32-14-7-9-17-34(32)39(35)27-11-4-3-5-12-27/h3-24H,1-2H3. The Balaban J connectivity index is 1.50. The molecule has 0 unspecified atom stereocenters. The summed E-state index contributed by atoms with van der Waals surface area (Å²) in [4.78, 5) is 0. The highest BCUT2D eigenvalue weighted by molar-refractivity contribution is 6.17. The van der Waals surface area contributed by atoms with Crippen molar-refractivity contribution in [3.05, 3.63) is 145 Å². The molecule has 190 valence electrons. The van der Waals surface area contributed by atoms with E-state index in [1.54, 1.807) is 0 Å². The van der Waals surface area contributed by atoms with Crippen LogP contribution in [0.4, 0.5) is 0 Å². The number of aromatic nitrogens is 2. The average Bonchev–Trinajstić information content (AvgIpc) is 3.49. The fourth-order valence-electron chi connectivity index (χ4n) is 6.49. The van der Waals surface area contributed by atoms with Crippen molar-refractivity contribution in [2.24, 2.45) is 0 Å². The summed E-state index contributed by atoms with van der Waals surface area (Å²) in [6.45, 7) is 4.36. The second-order valence-electron chi connectivity index (χ2n) is 10.8. The Labute approximate surface area is 233 Å². The van der Waals surface area contributed by atoms with Crippen LogP contribution in [-0.4, -0.2) is 9.13 Å². The Hall–Kier alpha value is -5.08. The van der Waals surface area contributed by atoms with Gasteiger partial charge in [0.05, 0.1) is 27.8 Å². The Kier molecular flexibility index (Phi) is 4.99. The van der Waals surface area contributed by atoms with Gasteiger partial charge < -0.3 is 9.13 Å². The fourth-order valence-corrected chi connectivity index (χ4v) is 6.49. The highest BCUT2D eigenvalue weighted by Gasteiger charge is 2.20. The molecule has 0 N–H and O–H groups in total. The van der Waals surface area contributed by atoms with Gasteiger partial charge in [-0.1, -0.05) is 91.0 Å². The highest BCUT2D eigenvalue weighted by Crippen LogP contribution is 2.42. The van der Waals surface area contributed by atoms with Crippen molar-refractivity contribution in [2.45, 2.75) is 13.8 Å². The Morgan fingerprint density at radius 3 is 1.75 bits per heavy atom. The van der Waals surface area contributed by atoms with E-state index >= 15 is 0 Å². The summed E-state index contributed by atoms with van der Waals surface area (Å²) < 4.78 is 4.86. The number of fused-ring (bicyclic) bond motifs is 6. The monoisotopic (exact) mass is 512 g/mol. The molecule has 0 aliphatic heterocycles. The molecule has 0 aliphatic rings. The zero-order valence-corrected chi connectivity index (χ0v) is 22.6. The highest BCUT2D eigenvalue weighted by atomic mass is 15.0. The Morgan fingerprint density at radius 1 is 0.400 bits per heavy atom. The first-order valence-corrected chi connectivity index (χ1v) is 13.9. The molecule has 0 spiro atoms. The van der Waals surface area contributed by atoms with Gasteiger partial charge in [0, 0.05) is 32.8 Å². The molecular weight excluding hydrogens is 484 g/mol. The van der Waals surface area contributed by atoms with E-state index < -0.39 is 0 Å². The molecule has 0 fully saturated rings. The van der Waals surface area contributed by atoms with E-state index in [4.69, 9.17) is 0 Å². The molecule has 2 aromatic heterocycles. The number of para-hydroxylation sites is 3. The van der Waals surface area contributed by atoms with Crippen LogP contribution in [0.2, 0.25) is 0 Å². The predicted molar refractivity (Wildman–Crippen MR) is 170 cm³/mol. The van der Waals surface area contributed by atoms with E-state index in [1.807, 2.05) is 0 Å². The molecule has 0 aliphatic carbocycles. The van der Waals surface area contributed by atoms with Crippen LogP contribution in [0.25, 0.3) is 66.1 Å². The second kappa shape index (κ2) is 8.72. The summed E-state index contributed by atoms with van der Waals surface area (Å²) in [6, 6.07) is 48.7. The van der Waals surface area contributed by atoms with E-state index in [1.165, 1.54) is 77.2 Å². The lowest BCUT2D eigenvalue weighted by atomic mass is 9.97. The topological polar surface area (TPSA) is 9.86 Å². The zero-order chi connectivity index (χ0) is 26.8. The summed E-state index contributed by atoms with van der Waals surface area (Å²) in [5.74, 6) is 0. The van der Waals surface area contributed by atoms with Crippen LogP contribution in [-0.2, 0) is 0 Å². The normalized spacial score (nSPS) is 11.8. The van der Waals surface area contributed by atoms with Crippen LogP contribution in [0, 0.1) is 13.8 Å². The van der Waals surface area contributed by atoms with E-state index in [0.717, 1.165) is 0 Å². The van der Waals surface area contributed by atoms with Crippen LogP contribution < -0.4 is 0 Å². The van der Waals surface area contributed by atoms with Gasteiger partial charge in [-0.15, -0.1) is 0 Å². The molecule has 40 heavy (non-hydrogen) atoms. The van der Waals surface area contributed by atoms with Gasteiger partial charge >= 0.3 is 0 Å². The molecule has 0 atom stereocenters. The largest absolute Gasteiger partial charge is 0.309 e. The van der Waals surface area contributed by atoms with Gasteiger partial charge in [-0.25, -0.2) is 0 Å². The molecule has 8 aromatic rings. The number of hydrogen-bond acceptors (Lipinski definition) is 0. The van der Waals surface area contributed by atoms with Gasteiger partial charge in [-0.05, 0) is 73.0 Å². The van der Waals surface area contributed by atoms with Crippen LogP contribution in [0.3, 0.4) is 0 Å². The van der Waals surface area contributed by atoms with Crippen LogP contribution in [0.15, 0.2) is 133 Å². The SMILES string of the molecule is Cc1ccc2c3ccc(C)cc3n(-c3ccccc3-c3cccc4c3c3ccccc3n4-c3ccccc3)c2c1. The molecule has 0 saturated heterocycles. The van der Waals surface area contributed by atoms with Gasteiger partial charge in [0.1, 0.15) is 0 Å². The van der Waals surface area contributed by atoms with E-state index in [9.17, 15) is 0 Å². The second-order valence-corrected chi connectivity index (χ2v) is 10.8. The molecule has 6 aromatic carbocycles. The predicted octanol–water partition coefficient (Wildman–Crippen LogP) is 10.2. The number of nitrogens with zero attached hydrogens (tertiary/aromatic N) is 2. The molecule has 0 amide bonds. The maximum absolute atomic E-state index is 2.47. The van der Waals surface area contributed by atoms with E-state index in [-0.39, 0.29) is 0 Å². The van der Waals surface area contributed by atoms with Crippen LogP contribution in [0.5, 0.6) is 0 Å². The molecule has 2 heterocycles. The van der Waals surface area contributed by atoms with Gasteiger partial charge in [-0.2, -0.15) is 0 Å². The third kappa shape index (κ3) is 3.29. The van der Waals surface area contributed by atoms with Crippen molar-refractivity contribution in [2.75, 3.05) is 0 Å². The Morgan fingerprint density at radius 2 is 1.00 bits per heavy atom. The lowest BCUT2D eigenvalue weighted by molar-refractivity contribution is 1.17. The molecule has 0 saturated carbocycles. The Bertz CT molecular complexity index is 2170. The summed E-state index contributed by atoms with van der Waals surface area (Å²) in [6.07, 6.45) is 0. The van der Waals surface area contributed by atoms with Crippen molar-refractivity contribution < 1.29 is 0 Å². The first-order valence-electron chi connectivity index (χ1n) is 13.9. The number of aryl methyl sites for hydroxylation is 2. The van der Waals surface area contributed by atoms with Gasteiger partial charge in [0.25, 0.3) is 0 Å². The van der Waals surface area contributed by atoms with Crippen molar-refractivity contribution in [1.82, 2.24) is 9.13 Å². The van der Waals surface area contributed by atoms with Crippen LogP contribution >= 0.6 is 0 Å². The lowest BCUT2D eigenvalue weighted by Gasteiger charge is -2.15.